The minimum atomic E-state index is 0.280. The molecule has 0 spiro atoms. The first-order valence-electron chi connectivity index (χ1n) is 10.3. The Kier molecular flexibility index (Phi) is 3.70. The topological polar surface area (TPSA) is 17.0 Å². The van der Waals surface area contributed by atoms with Gasteiger partial charge < -0.3 is 9.88 Å². The second kappa shape index (κ2) is 6.52. The van der Waals surface area contributed by atoms with E-state index in [9.17, 15) is 0 Å². The summed E-state index contributed by atoms with van der Waals surface area (Å²) in [4.78, 5) is 0. The van der Waals surface area contributed by atoms with Crippen molar-refractivity contribution in [3.05, 3.63) is 114 Å². The number of benzene rings is 4. The minimum absolute atomic E-state index is 0.280. The summed E-state index contributed by atoms with van der Waals surface area (Å²) >= 11 is 0. The van der Waals surface area contributed by atoms with Gasteiger partial charge in [0, 0.05) is 27.5 Å². The van der Waals surface area contributed by atoms with Crippen molar-refractivity contribution in [3.63, 3.8) is 0 Å². The van der Waals surface area contributed by atoms with Crippen LogP contribution in [0.1, 0.15) is 29.6 Å². The standard InChI is InChI=1S/C27H22N2/c1-2-10-19(11-3-1)24-18-27(22-14-4-7-15-23(22)28-24)29-25-16-8-5-12-20(25)21-13-6-9-17-26(21)29/h1-17,24,27-28H,18H2. The van der Waals surface area contributed by atoms with Crippen LogP contribution in [0.3, 0.4) is 0 Å². The number of hydrogen-bond donors (Lipinski definition) is 1. The van der Waals surface area contributed by atoms with Crippen molar-refractivity contribution in [1.82, 2.24) is 4.57 Å². The fourth-order valence-corrected chi connectivity index (χ4v) is 4.95. The van der Waals surface area contributed by atoms with E-state index >= 15 is 0 Å². The third-order valence-corrected chi connectivity index (χ3v) is 6.24. The Hall–Kier alpha value is -3.52. The van der Waals surface area contributed by atoms with Gasteiger partial charge in [-0.1, -0.05) is 84.9 Å². The molecule has 2 heterocycles. The van der Waals surface area contributed by atoms with Crippen LogP contribution in [-0.2, 0) is 0 Å². The van der Waals surface area contributed by atoms with Gasteiger partial charge in [-0.05, 0) is 35.7 Å². The molecule has 2 unspecified atom stereocenters. The van der Waals surface area contributed by atoms with Crippen LogP contribution >= 0.6 is 0 Å². The normalized spacial score (nSPS) is 18.5. The van der Waals surface area contributed by atoms with E-state index in [1.807, 2.05) is 0 Å². The Morgan fingerprint density at radius 2 is 1.21 bits per heavy atom. The van der Waals surface area contributed by atoms with Crippen molar-refractivity contribution >= 4 is 27.5 Å². The molecule has 0 aliphatic carbocycles. The number of aromatic nitrogens is 1. The highest BCUT2D eigenvalue weighted by atomic mass is 15.1. The molecule has 140 valence electrons. The van der Waals surface area contributed by atoms with E-state index in [0.717, 1.165) is 6.42 Å². The Balaban J connectivity index is 1.61. The van der Waals surface area contributed by atoms with E-state index in [1.165, 1.54) is 38.6 Å². The van der Waals surface area contributed by atoms with Crippen LogP contribution in [0.4, 0.5) is 5.69 Å². The molecule has 6 rings (SSSR count). The number of para-hydroxylation sites is 3. The third-order valence-electron chi connectivity index (χ3n) is 6.24. The fraction of sp³-hybridized carbons (Fsp3) is 0.111. The maximum Gasteiger partial charge on any atom is 0.0635 e. The van der Waals surface area contributed by atoms with Crippen molar-refractivity contribution < 1.29 is 0 Å². The molecule has 0 radical (unpaired) electrons. The zero-order valence-corrected chi connectivity index (χ0v) is 16.1. The van der Waals surface area contributed by atoms with E-state index in [1.54, 1.807) is 0 Å². The highest BCUT2D eigenvalue weighted by molar-refractivity contribution is 6.08. The maximum atomic E-state index is 3.79. The summed E-state index contributed by atoms with van der Waals surface area (Å²) in [6.07, 6.45) is 1.02. The van der Waals surface area contributed by atoms with E-state index in [2.05, 4.69) is 113 Å². The highest BCUT2D eigenvalue weighted by Crippen LogP contribution is 2.44. The van der Waals surface area contributed by atoms with Crippen molar-refractivity contribution in [3.8, 4) is 0 Å². The molecule has 1 aliphatic rings. The second-order valence-electron chi connectivity index (χ2n) is 7.85. The molecule has 0 saturated carbocycles. The molecule has 0 saturated heterocycles. The lowest BCUT2D eigenvalue weighted by Crippen LogP contribution is -2.25. The number of rotatable bonds is 2. The van der Waals surface area contributed by atoms with Gasteiger partial charge >= 0.3 is 0 Å². The van der Waals surface area contributed by atoms with Gasteiger partial charge in [0.1, 0.15) is 0 Å². The molecular formula is C27H22N2. The monoisotopic (exact) mass is 374 g/mol. The van der Waals surface area contributed by atoms with Crippen molar-refractivity contribution in [2.24, 2.45) is 0 Å². The van der Waals surface area contributed by atoms with Crippen LogP contribution in [0.5, 0.6) is 0 Å². The van der Waals surface area contributed by atoms with Gasteiger partial charge in [0.2, 0.25) is 0 Å². The van der Waals surface area contributed by atoms with Gasteiger partial charge in [-0.2, -0.15) is 0 Å². The molecule has 0 bridgehead atoms. The Bertz CT molecular complexity index is 1260. The highest BCUT2D eigenvalue weighted by Gasteiger charge is 2.30. The predicted octanol–water partition coefficient (Wildman–Crippen LogP) is 6.94. The first-order chi connectivity index (χ1) is 14.4. The number of fused-ring (bicyclic) bond motifs is 4. The average molecular weight is 374 g/mol. The summed E-state index contributed by atoms with van der Waals surface area (Å²) in [5.41, 5.74) is 6.56. The molecule has 0 fully saturated rings. The SMILES string of the molecule is c1ccc(C2CC(n3c4ccccc4c4ccccc43)c3ccccc3N2)cc1. The lowest BCUT2D eigenvalue weighted by molar-refractivity contribution is 0.505. The van der Waals surface area contributed by atoms with E-state index in [-0.39, 0.29) is 12.1 Å². The van der Waals surface area contributed by atoms with Crippen LogP contribution < -0.4 is 5.32 Å². The van der Waals surface area contributed by atoms with Gasteiger partial charge in [-0.15, -0.1) is 0 Å². The third kappa shape index (κ3) is 2.56. The summed E-state index contributed by atoms with van der Waals surface area (Å²) in [6.45, 7) is 0. The summed E-state index contributed by atoms with van der Waals surface area (Å²) in [6, 6.07) is 37.8. The van der Waals surface area contributed by atoms with E-state index < -0.39 is 0 Å². The predicted molar refractivity (Wildman–Crippen MR) is 121 cm³/mol. The molecule has 4 aromatic carbocycles. The van der Waals surface area contributed by atoms with Crippen molar-refractivity contribution in [2.45, 2.75) is 18.5 Å². The molecule has 1 aliphatic heterocycles. The molecule has 2 atom stereocenters. The molecule has 1 aromatic heterocycles. The van der Waals surface area contributed by atoms with Crippen LogP contribution in [-0.4, -0.2) is 4.57 Å². The summed E-state index contributed by atoms with van der Waals surface area (Å²) in [5.74, 6) is 0. The quantitative estimate of drug-likeness (QED) is 0.354. The molecular weight excluding hydrogens is 352 g/mol. The number of hydrogen-bond acceptors (Lipinski definition) is 1. The first-order valence-corrected chi connectivity index (χ1v) is 10.3. The molecule has 1 N–H and O–H groups in total. The van der Waals surface area contributed by atoms with Gasteiger partial charge in [0.25, 0.3) is 0 Å². The maximum absolute atomic E-state index is 3.79. The molecule has 29 heavy (non-hydrogen) atoms. The smallest absolute Gasteiger partial charge is 0.0635 e. The summed E-state index contributed by atoms with van der Waals surface area (Å²) < 4.78 is 2.56. The number of anilines is 1. The van der Waals surface area contributed by atoms with Gasteiger partial charge in [0.05, 0.1) is 12.1 Å². The summed E-state index contributed by atoms with van der Waals surface area (Å²) in [5, 5.41) is 6.45. The second-order valence-corrected chi connectivity index (χ2v) is 7.85. The van der Waals surface area contributed by atoms with Crippen LogP contribution in [0.2, 0.25) is 0 Å². The lowest BCUT2D eigenvalue weighted by atomic mass is 9.89. The zero-order chi connectivity index (χ0) is 19.2. The molecule has 2 nitrogen and oxygen atoms in total. The van der Waals surface area contributed by atoms with E-state index in [0.29, 0.717) is 0 Å². The van der Waals surface area contributed by atoms with Crippen molar-refractivity contribution in [2.75, 3.05) is 5.32 Å². The van der Waals surface area contributed by atoms with Gasteiger partial charge in [-0.25, -0.2) is 0 Å². The first kappa shape index (κ1) is 16.4. The Morgan fingerprint density at radius 1 is 0.621 bits per heavy atom. The molecule has 2 heteroatoms. The van der Waals surface area contributed by atoms with Crippen LogP contribution in [0.25, 0.3) is 21.8 Å². The largest absolute Gasteiger partial charge is 0.378 e. The zero-order valence-electron chi connectivity index (χ0n) is 16.1. The van der Waals surface area contributed by atoms with Crippen molar-refractivity contribution in [1.29, 1.82) is 0 Å². The number of nitrogens with zero attached hydrogens (tertiary/aromatic N) is 1. The summed E-state index contributed by atoms with van der Waals surface area (Å²) in [7, 11) is 0. The van der Waals surface area contributed by atoms with E-state index in [4.69, 9.17) is 0 Å². The van der Waals surface area contributed by atoms with Crippen LogP contribution in [0.15, 0.2) is 103 Å². The van der Waals surface area contributed by atoms with Crippen LogP contribution in [0, 0.1) is 0 Å². The average Bonchev–Trinajstić information content (AvgIpc) is 3.13. The van der Waals surface area contributed by atoms with Gasteiger partial charge in [-0.3, -0.25) is 0 Å². The fourth-order valence-electron chi connectivity index (χ4n) is 4.95. The molecule has 0 amide bonds. The molecule has 5 aromatic rings. The minimum Gasteiger partial charge on any atom is -0.378 e. The Labute approximate surface area is 170 Å². The van der Waals surface area contributed by atoms with Gasteiger partial charge in [0.15, 0.2) is 0 Å². The Morgan fingerprint density at radius 3 is 1.93 bits per heavy atom. The lowest BCUT2D eigenvalue weighted by Gasteiger charge is -2.35. The number of nitrogens with one attached hydrogen (secondary N) is 1.